The summed E-state index contributed by atoms with van der Waals surface area (Å²) in [5, 5.41) is 5.62. The van der Waals surface area contributed by atoms with Gasteiger partial charge in [0.15, 0.2) is 5.17 Å². The quantitative estimate of drug-likeness (QED) is 0.941. The Morgan fingerprint density at radius 3 is 2.95 bits per heavy atom. The van der Waals surface area contributed by atoms with Crippen LogP contribution in [-0.2, 0) is 6.54 Å². The summed E-state index contributed by atoms with van der Waals surface area (Å²) in [6.45, 7) is 2.75. The first-order valence-electron chi connectivity index (χ1n) is 6.21. The van der Waals surface area contributed by atoms with E-state index in [1.54, 1.807) is 23.1 Å². The molecule has 0 spiro atoms. The van der Waals surface area contributed by atoms with Crippen LogP contribution in [0.1, 0.15) is 21.5 Å². The van der Waals surface area contributed by atoms with Crippen molar-refractivity contribution >= 4 is 28.3 Å². The van der Waals surface area contributed by atoms with E-state index in [0.717, 1.165) is 22.5 Å². The first-order chi connectivity index (χ1) is 9.31. The second kappa shape index (κ2) is 5.75. The topological polar surface area (TPSA) is 37.3 Å². The van der Waals surface area contributed by atoms with Gasteiger partial charge in [0.25, 0.3) is 0 Å². The Labute approximate surface area is 121 Å². The van der Waals surface area contributed by atoms with Gasteiger partial charge in [-0.1, -0.05) is 42.1 Å². The van der Waals surface area contributed by atoms with E-state index in [0.29, 0.717) is 6.04 Å². The molecule has 0 radical (unpaired) electrons. The fraction of sp³-hybridized carbons (Fsp3) is 0.286. The average molecular weight is 289 g/mol. The van der Waals surface area contributed by atoms with E-state index in [1.807, 2.05) is 19.2 Å². The molecule has 3 rings (SSSR count). The van der Waals surface area contributed by atoms with E-state index in [-0.39, 0.29) is 0 Å². The number of thioether (sulfide) groups is 1. The van der Waals surface area contributed by atoms with E-state index in [4.69, 9.17) is 0 Å². The molecule has 1 aliphatic rings. The van der Waals surface area contributed by atoms with E-state index in [1.165, 1.54) is 10.4 Å². The molecule has 3 nitrogen and oxygen atoms in total. The van der Waals surface area contributed by atoms with Gasteiger partial charge < -0.3 is 5.32 Å². The van der Waals surface area contributed by atoms with E-state index in [2.05, 4.69) is 39.6 Å². The largest absolute Gasteiger partial charge is 0.357 e. The van der Waals surface area contributed by atoms with Crippen molar-refractivity contribution in [2.75, 3.05) is 5.75 Å². The zero-order chi connectivity index (χ0) is 13.1. The minimum atomic E-state index is 0.383. The van der Waals surface area contributed by atoms with Crippen molar-refractivity contribution in [3.8, 4) is 0 Å². The summed E-state index contributed by atoms with van der Waals surface area (Å²) in [4.78, 5) is 10.1. The third-order valence-corrected chi connectivity index (χ3v) is 4.85. The molecule has 19 heavy (non-hydrogen) atoms. The third kappa shape index (κ3) is 3.16. The Bertz CT molecular complexity index is 577. The van der Waals surface area contributed by atoms with Crippen LogP contribution in [0.15, 0.2) is 41.5 Å². The summed E-state index contributed by atoms with van der Waals surface area (Å²) in [5.74, 6) is 1.05. The van der Waals surface area contributed by atoms with Crippen LogP contribution in [0.4, 0.5) is 0 Å². The normalized spacial score (nSPS) is 20.7. The Balaban J connectivity index is 1.62. The predicted molar refractivity (Wildman–Crippen MR) is 82.8 cm³/mol. The fourth-order valence-electron chi connectivity index (χ4n) is 1.98. The maximum absolute atomic E-state index is 4.62. The molecule has 1 fully saturated rings. The lowest BCUT2D eigenvalue weighted by atomic mass is 10.1. The van der Waals surface area contributed by atoms with E-state index >= 15 is 0 Å². The van der Waals surface area contributed by atoms with Crippen molar-refractivity contribution in [1.82, 2.24) is 10.3 Å². The number of aliphatic imine (C=N–C) groups is 1. The molecule has 1 aromatic heterocycles. The van der Waals surface area contributed by atoms with Gasteiger partial charge in [0.05, 0.1) is 17.6 Å². The minimum absolute atomic E-state index is 0.383. The molecule has 1 saturated heterocycles. The summed E-state index contributed by atoms with van der Waals surface area (Å²) >= 11 is 3.51. The van der Waals surface area contributed by atoms with Crippen LogP contribution in [-0.4, -0.2) is 15.9 Å². The first kappa shape index (κ1) is 12.7. The second-order valence-corrected chi connectivity index (χ2v) is 6.71. The van der Waals surface area contributed by atoms with Gasteiger partial charge >= 0.3 is 0 Å². The van der Waals surface area contributed by atoms with Gasteiger partial charge in [-0.2, -0.15) is 0 Å². The van der Waals surface area contributed by atoms with Crippen LogP contribution >= 0.6 is 23.1 Å². The number of hydrogen-bond acceptors (Lipinski definition) is 4. The molecule has 1 N–H and O–H groups in total. The van der Waals surface area contributed by atoms with Gasteiger partial charge in [-0.25, -0.2) is 4.98 Å². The highest BCUT2D eigenvalue weighted by molar-refractivity contribution is 8.14. The molecule has 1 aliphatic heterocycles. The lowest BCUT2D eigenvalue weighted by molar-refractivity contribution is 0.749. The molecular weight excluding hydrogens is 274 g/mol. The SMILES string of the molecule is Cc1ncc(CN=C2NC(c3ccccc3)CS2)s1. The molecule has 2 heterocycles. The smallest absolute Gasteiger partial charge is 0.157 e. The lowest BCUT2D eigenvalue weighted by Gasteiger charge is -2.09. The molecule has 0 aliphatic carbocycles. The number of thiazole rings is 1. The third-order valence-electron chi connectivity index (χ3n) is 2.93. The number of rotatable bonds is 3. The standard InChI is InChI=1S/C14H15N3S2/c1-10-15-7-12(19-10)8-16-14-17-13(9-18-14)11-5-3-2-4-6-11/h2-7,13H,8-9H2,1H3,(H,16,17). The van der Waals surface area contributed by atoms with Crippen molar-refractivity contribution in [2.45, 2.75) is 19.5 Å². The van der Waals surface area contributed by atoms with Crippen molar-refractivity contribution in [3.63, 3.8) is 0 Å². The maximum Gasteiger partial charge on any atom is 0.157 e. The highest BCUT2D eigenvalue weighted by Crippen LogP contribution is 2.26. The van der Waals surface area contributed by atoms with Gasteiger partial charge in [0, 0.05) is 16.8 Å². The van der Waals surface area contributed by atoms with Crippen LogP contribution in [0.25, 0.3) is 0 Å². The minimum Gasteiger partial charge on any atom is -0.357 e. The zero-order valence-corrected chi connectivity index (χ0v) is 12.3. The Hall–Kier alpha value is -1.33. The molecule has 5 heteroatoms. The number of nitrogens with one attached hydrogen (secondary N) is 1. The molecule has 1 atom stereocenters. The van der Waals surface area contributed by atoms with Crippen LogP contribution in [0, 0.1) is 6.92 Å². The van der Waals surface area contributed by atoms with E-state index < -0.39 is 0 Å². The molecule has 2 aromatic rings. The van der Waals surface area contributed by atoms with Gasteiger partial charge in [0.2, 0.25) is 0 Å². The van der Waals surface area contributed by atoms with Gasteiger partial charge in [-0.3, -0.25) is 4.99 Å². The summed E-state index contributed by atoms with van der Waals surface area (Å²) in [5.41, 5.74) is 1.33. The van der Waals surface area contributed by atoms with Gasteiger partial charge in [-0.15, -0.1) is 11.3 Å². The van der Waals surface area contributed by atoms with Crippen LogP contribution in [0.3, 0.4) is 0 Å². The number of aryl methyl sites for hydroxylation is 1. The number of aromatic nitrogens is 1. The van der Waals surface area contributed by atoms with Crippen molar-refractivity contribution < 1.29 is 0 Å². The van der Waals surface area contributed by atoms with Gasteiger partial charge in [-0.05, 0) is 12.5 Å². The summed E-state index contributed by atoms with van der Waals surface area (Å²) in [6, 6.07) is 10.9. The van der Waals surface area contributed by atoms with Crippen molar-refractivity contribution in [2.24, 2.45) is 4.99 Å². The first-order valence-corrected chi connectivity index (χ1v) is 8.01. The average Bonchev–Trinajstić information content (AvgIpc) is 3.06. The van der Waals surface area contributed by atoms with Crippen molar-refractivity contribution in [3.05, 3.63) is 52.0 Å². The van der Waals surface area contributed by atoms with Crippen LogP contribution in [0.2, 0.25) is 0 Å². The highest BCUT2D eigenvalue weighted by Gasteiger charge is 2.21. The molecule has 1 unspecified atom stereocenters. The molecule has 1 aromatic carbocycles. The maximum atomic E-state index is 4.62. The Kier molecular flexibility index (Phi) is 3.84. The monoisotopic (exact) mass is 289 g/mol. The highest BCUT2D eigenvalue weighted by atomic mass is 32.2. The predicted octanol–water partition coefficient (Wildman–Crippen LogP) is 3.39. The molecule has 0 saturated carbocycles. The fourth-order valence-corrected chi connectivity index (χ4v) is 3.68. The second-order valence-electron chi connectivity index (χ2n) is 4.39. The Morgan fingerprint density at radius 2 is 2.21 bits per heavy atom. The number of benzene rings is 1. The molecular formula is C14H15N3S2. The summed E-state index contributed by atoms with van der Waals surface area (Å²) < 4.78 is 0. The number of hydrogen-bond donors (Lipinski definition) is 1. The number of amidine groups is 1. The zero-order valence-electron chi connectivity index (χ0n) is 10.7. The van der Waals surface area contributed by atoms with Crippen molar-refractivity contribution in [1.29, 1.82) is 0 Å². The van der Waals surface area contributed by atoms with Gasteiger partial charge in [0.1, 0.15) is 0 Å². The van der Waals surface area contributed by atoms with E-state index in [9.17, 15) is 0 Å². The summed E-state index contributed by atoms with van der Waals surface area (Å²) in [6.07, 6.45) is 1.92. The Morgan fingerprint density at radius 1 is 1.37 bits per heavy atom. The molecule has 98 valence electrons. The number of nitrogens with zero attached hydrogens (tertiary/aromatic N) is 2. The van der Waals surface area contributed by atoms with Crippen LogP contribution < -0.4 is 5.32 Å². The molecule has 0 bridgehead atoms. The van der Waals surface area contributed by atoms with Crippen LogP contribution in [0.5, 0.6) is 0 Å². The molecule has 0 amide bonds. The summed E-state index contributed by atoms with van der Waals surface area (Å²) in [7, 11) is 0. The lowest BCUT2D eigenvalue weighted by Crippen LogP contribution is -2.19.